The SMILES string of the molecule is CC(C)Oc1cc2c(cn1)CN=C2c1cc(N2CCN(c3ccncn3)CC2)ncn1. The highest BCUT2D eigenvalue weighted by Gasteiger charge is 2.23. The second-order valence-electron chi connectivity index (χ2n) is 7.81. The zero-order valence-corrected chi connectivity index (χ0v) is 17.6. The monoisotopic (exact) mass is 416 g/mol. The lowest BCUT2D eigenvalue weighted by Crippen LogP contribution is -2.47. The summed E-state index contributed by atoms with van der Waals surface area (Å²) in [6.07, 6.45) is 6.90. The first-order valence-corrected chi connectivity index (χ1v) is 10.5. The van der Waals surface area contributed by atoms with E-state index in [1.54, 1.807) is 18.9 Å². The molecule has 31 heavy (non-hydrogen) atoms. The first kappa shape index (κ1) is 19.3. The summed E-state index contributed by atoms with van der Waals surface area (Å²) in [6.45, 7) is 8.07. The van der Waals surface area contributed by atoms with Gasteiger partial charge in [-0.1, -0.05) is 0 Å². The Hall–Kier alpha value is -3.62. The van der Waals surface area contributed by atoms with Crippen molar-refractivity contribution in [1.82, 2.24) is 24.9 Å². The molecule has 0 bridgehead atoms. The van der Waals surface area contributed by atoms with Crippen LogP contribution in [-0.2, 0) is 6.54 Å². The molecule has 0 aromatic carbocycles. The largest absolute Gasteiger partial charge is 0.475 e. The minimum absolute atomic E-state index is 0.0685. The summed E-state index contributed by atoms with van der Waals surface area (Å²) in [6, 6.07) is 5.93. The van der Waals surface area contributed by atoms with Crippen LogP contribution in [0.4, 0.5) is 11.6 Å². The highest BCUT2D eigenvalue weighted by Crippen LogP contribution is 2.26. The molecule has 3 aromatic rings. The van der Waals surface area contributed by atoms with Crippen molar-refractivity contribution >= 4 is 17.3 Å². The third-order valence-electron chi connectivity index (χ3n) is 5.37. The number of pyridine rings is 1. The maximum absolute atomic E-state index is 5.77. The molecule has 9 heteroatoms. The molecule has 9 nitrogen and oxygen atoms in total. The standard InChI is InChI=1S/C22H24N8O/c1-15(2)31-21-9-17-16(11-24-21)12-25-22(17)18-10-20(28-14-26-18)30-7-5-29(6-8-30)19-3-4-23-13-27-19/h3-4,9-11,13-15H,5-8,12H2,1-2H3. The number of anilines is 2. The van der Waals surface area contributed by atoms with Crippen molar-refractivity contribution in [3.63, 3.8) is 0 Å². The van der Waals surface area contributed by atoms with E-state index in [1.807, 2.05) is 38.2 Å². The van der Waals surface area contributed by atoms with Crippen LogP contribution in [0.1, 0.15) is 30.7 Å². The van der Waals surface area contributed by atoms with Gasteiger partial charge in [-0.15, -0.1) is 0 Å². The molecule has 3 aromatic heterocycles. The van der Waals surface area contributed by atoms with Crippen LogP contribution in [0.5, 0.6) is 5.88 Å². The van der Waals surface area contributed by atoms with E-state index >= 15 is 0 Å². The number of piperazine rings is 1. The van der Waals surface area contributed by atoms with Crippen LogP contribution >= 0.6 is 0 Å². The first-order valence-electron chi connectivity index (χ1n) is 10.5. The third-order valence-corrected chi connectivity index (χ3v) is 5.37. The van der Waals surface area contributed by atoms with E-state index in [1.165, 1.54) is 0 Å². The molecule has 5 heterocycles. The molecule has 2 aliphatic heterocycles. The second-order valence-corrected chi connectivity index (χ2v) is 7.81. The van der Waals surface area contributed by atoms with Gasteiger partial charge in [0.2, 0.25) is 5.88 Å². The van der Waals surface area contributed by atoms with Gasteiger partial charge >= 0.3 is 0 Å². The fourth-order valence-electron chi connectivity index (χ4n) is 3.87. The molecule has 0 aliphatic carbocycles. The Kier molecular flexibility index (Phi) is 5.15. The number of fused-ring (bicyclic) bond motifs is 1. The quantitative estimate of drug-likeness (QED) is 0.625. The molecule has 0 unspecified atom stereocenters. The van der Waals surface area contributed by atoms with E-state index in [0.717, 1.165) is 60.3 Å². The van der Waals surface area contributed by atoms with Crippen LogP contribution < -0.4 is 14.5 Å². The van der Waals surface area contributed by atoms with Gasteiger partial charge in [0.15, 0.2) is 0 Å². The topological polar surface area (TPSA) is 92.5 Å². The van der Waals surface area contributed by atoms with Gasteiger partial charge in [-0.2, -0.15) is 0 Å². The molecular weight excluding hydrogens is 392 g/mol. The van der Waals surface area contributed by atoms with Gasteiger partial charge in [0.05, 0.1) is 24.1 Å². The molecule has 1 fully saturated rings. The summed E-state index contributed by atoms with van der Waals surface area (Å²) in [5, 5.41) is 0. The predicted molar refractivity (Wildman–Crippen MR) is 118 cm³/mol. The smallest absolute Gasteiger partial charge is 0.214 e. The summed E-state index contributed by atoms with van der Waals surface area (Å²) in [5.74, 6) is 2.48. The molecule has 0 radical (unpaired) electrons. The summed E-state index contributed by atoms with van der Waals surface area (Å²) >= 11 is 0. The lowest BCUT2D eigenvalue weighted by molar-refractivity contribution is 0.232. The summed E-state index contributed by atoms with van der Waals surface area (Å²) < 4.78 is 5.77. The molecular formula is C22H24N8O. The Morgan fingerprint density at radius 3 is 2.42 bits per heavy atom. The Morgan fingerprint density at radius 1 is 0.903 bits per heavy atom. The average Bonchev–Trinajstić information content (AvgIpc) is 3.23. The minimum atomic E-state index is 0.0685. The number of ether oxygens (including phenoxy) is 1. The zero-order valence-electron chi connectivity index (χ0n) is 17.6. The van der Waals surface area contributed by atoms with Gasteiger partial charge in [-0.25, -0.2) is 24.9 Å². The Morgan fingerprint density at radius 2 is 1.68 bits per heavy atom. The number of aliphatic imine (C=N–C) groups is 1. The number of aromatic nitrogens is 5. The van der Waals surface area contributed by atoms with E-state index in [9.17, 15) is 0 Å². The second kappa shape index (κ2) is 8.25. The molecule has 0 saturated carbocycles. The normalized spacial score (nSPS) is 15.8. The predicted octanol–water partition coefficient (Wildman–Crippen LogP) is 2.13. The van der Waals surface area contributed by atoms with E-state index in [0.29, 0.717) is 12.4 Å². The molecule has 5 rings (SSSR count). The van der Waals surface area contributed by atoms with Crippen molar-refractivity contribution in [3.05, 3.63) is 60.1 Å². The lowest BCUT2D eigenvalue weighted by Gasteiger charge is -2.36. The van der Waals surface area contributed by atoms with Crippen LogP contribution in [0.15, 0.2) is 48.2 Å². The van der Waals surface area contributed by atoms with Gasteiger partial charge in [-0.3, -0.25) is 4.99 Å². The molecule has 0 N–H and O–H groups in total. The van der Waals surface area contributed by atoms with Crippen LogP contribution in [0.25, 0.3) is 0 Å². The van der Waals surface area contributed by atoms with Crippen molar-refractivity contribution in [1.29, 1.82) is 0 Å². The summed E-state index contributed by atoms with van der Waals surface area (Å²) in [5.41, 5.74) is 3.81. The van der Waals surface area contributed by atoms with Gasteiger partial charge in [0.25, 0.3) is 0 Å². The zero-order chi connectivity index (χ0) is 21.2. The number of hydrogen-bond acceptors (Lipinski definition) is 9. The first-order chi connectivity index (χ1) is 15.2. The Balaban J connectivity index is 1.33. The van der Waals surface area contributed by atoms with Gasteiger partial charge in [0, 0.05) is 61.8 Å². The number of nitrogens with zero attached hydrogens (tertiary/aromatic N) is 8. The van der Waals surface area contributed by atoms with E-state index in [4.69, 9.17) is 9.73 Å². The van der Waals surface area contributed by atoms with Gasteiger partial charge in [-0.05, 0) is 19.9 Å². The van der Waals surface area contributed by atoms with Crippen LogP contribution in [-0.4, -0.2) is 62.9 Å². The van der Waals surface area contributed by atoms with Gasteiger partial charge < -0.3 is 14.5 Å². The fourth-order valence-corrected chi connectivity index (χ4v) is 3.87. The van der Waals surface area contributed by atoms with Crippen LogP contribution in [0.2, 0.25) is 0 Å². The van der Waals surface area contributed by atoms with Crippen molar-refractivity contribution in [3.8, 4) is 5.88 Å². The maximum Gasteiger partial charge on any atom is 0.214 e. The fraction of sp³-hybridized carbons (Fsp3) is 0.364. The molecule has 158 valence electrons. The highest BCUT2D eigenvalue weighted by atomic mass is 16.5. The van der Waals surface area contributed by atoms with Crippen molar-refractivity contribution in [2.75, 3.05) is 36.0 Å². The Labute approximate surface area is 180 Å². The molecule has 0 amide bonds. The molecule has 1 saturated heterocycles. The van der Waals surface area contributed by atoms with E-state index in [-0.39, 0.29) is 6.10 Å². The molecule has 0 spiro atoms. The number of rotatable bonds is 5. The van der Waals surface area contributed by atoms with Crippen LogP contribution in [0, 0.1) is 0 Å². The lowest BCUT2D eigenvalue weighted by atomic mass is 10.1. The van der Waals surface area contributed by atoms with Gasteiger partial charge in [0.1, 0.15) is 24.3 Å². The third kappa shape index (κ3) is 4.03. The Bertz CT molecular complexity index is 1090. The molecule has 2 aliphatic rings. The number of hydrogen-bond donors (Lipinski definition) is 0. The molecule has 0 atom stereocenters. The summed E-state index contributed by atoms with van der Waals surface area (Å²) in [4.78, 5) is 31.0. The van der Waals surface area contributed by atoms with Crippen molar-refractivity contribution in [2.45, 2.75) is 26.5 Å². The average molecular weight is 416 g/mol. The summed E-state index contributed by atoms with van der Waals surface area (Å²) in [7, 11) is 0. The minimum Gasteiger partial charge on any atom is -0.475 e. The highest BCUT2D eigenvalue weighted by molar-refractivity contribution is 6.14. The van der Waals surface area contributed by atoms with E-state index in [2.05, 4.69) is 34.7 Å². The van der Waals surface area contributed by atoms with Crippen molar-refractivity contribution in [2.24, 2.45) is 4.99 Å². The van der Waals surface area contributed by atoms with Crippen LogP contribution in [0.3, 0.4) is 0 Å². The van der Waals surface area contributed by atoms with E-state index < -0.39 is 0 Å². The maximum atomic E-state index is 5.77. The van der Waals surface area contributed by atoms with Crippen molar-refractivity contribution < 1.29 is 4.74 Å².